The van der Waals surface area contributed by atoms with Gasteiger partial charge in [-0.1, -0.05) is 12.1 Å². The van der Waals surface area contributed by atoms with Gasteiger partial charge >= 0.3 is 0 Å². The van der Waals surface area contributed by atoms with Crippen molar-refractivity contribution in [1.29, 1.82) is 0 Å². The largest absolute Gasteiger partial charge is 0.351 e. The highest BCUT2D eigenvalue weighted by Crippen LogP contribution is 2.23. The molecule has 0 aliphatic carbocycles. The summed E-state index contributed by atoms with van der Waals surface area (Å²) < 4.78 is 13.6. The third-order valence-corrected chi connectivity index (χ3v) is 4.75. The van der Waals surface area contributed by atoms with Gasteiger partial charge in [0.15, 0.2) is 6.17 Å². The molecule has 3 rings (SSSR count). The molecule has 11 heteroatoms. The Kier molecular flexibility index (Phi) is 6.55. The van der Waals surface area contributed by atoms with E-state index in [0.29, 0.717) is 0 Å². The predicted molar refractivity (Wildman–Crippen MR) is 107 cm³/mol. The first-order valence-electron chi connectivity index (χ1n) is 9.43. The number of nitro benzene ring substituents is 1. The van der Waals surface area contributed by atoms with Crippen molar-refractivity contribution in [3.05, 3.63) is 75.6 Å². The highest BCUT2D eigenvalue weighted by Gasteiger charge is 2.43. The number of nitrogens with one attached hydrogen (secondary N) is 1. The molecule has 2 aromatic carbocycles. The lowest BCUT2D eigenvalue weighted by atomic mass is 10.1. The van der Waals surface area contributed by atoms with Crippen LogP contribution in [0, 0.1) is 15.9 Å². The summed E-state index contributed by atoms with van der Waals surface area (Å²) in [5.74, 6) is -2.52. The van der Waals surface area contributed by atoms with Crippen molar-refractivity contribution in [1.82, 2.24) is 15.1 Å². The minimum absolute atomic E-state index is 0.00544. The Labute approximate surface area is 176 Å². The second-order valence-corrected chi connectivity index (χ2v) is 6.77. The highest BCUT2D eigenvalue weighted by atomic mass is 19.1. The number of hydrogen-bond donors (Lipinski definition) is 2. The van der Waals surface area contributed by atoms with Gasteiger partial charge in [-0.3, -0.25) is 24.5 Å². The first-order valence-corrected chi connectivity index (χ1v) is 9.43. The normalized spacial score (nSPS) is 15.6. The van der Waals surface area contributed by atoms with Crippen molar-refractivity contribution in [3.8, 4) is 0 Å². The Balaban J connectivity index is 1.93. The van der Waals surface area contributed by atoms with Crippen molar-refractivity contribution in [2.45, 2.75) is 6.17 Å². The molecular formula is C20H20FN5O5. The fourth-order valence-electron chi connectivity index (χ4n) is 3.33. The van der Waals surface area contributed by atoms with Gasteiger partial charge in [-0.05, 0) is 24.3 Å². The SMILES string of the molecule is NCCNC(=O)C1N(C(=O)c2cccc(F)c2)CCN1C(=O)c1cccc([N+](=O)[O-])c1. The molecule has 0 spiro atoms. The lowest BCUT2D eigenvalue weighted by Crippen LogP contribution is -2.54. The van der Waals surface area contributed by atoms with Crippen molar-refractivity contribution in [3.63, 3.8) is 0 Å². The minimum atomic E-state index is -1.31. The predicted octanol–water partition coefficient (Wildman–Crippen LogP) is 0.733. The van der Waals surface area contributed by atoms with Crippen LogP contribution >= 0.6 is 0 Å². The van der Waals surface area contributed by atoms with E-state index in [0.717, 1.165) is 21.9 Å². The number of halogens is 1. The third kappa shape index (κ3) is 4.67. The summed E-state index contributed by atoms with van der Waals surface area (Å²) in [5, 5.41) is 13.6. The number of benzene rings is 2. The first-order chi connectivity index (χ1) is 14.8. The van der Waals surface area contributed by atoms with E-state index < -0.39 is 34.6 Å². The molecule has 0 saturated carbocycles. The average Bonchev–Trinajstić information content (AvgIpc) is 3.21. The van der Waals surface area contributed by atoms with E-state index in [2.05, 4.69) is 5.32 Å². The van der Waals surface area contributed by atoms with Crippen LogP contribution < -0.4 is 11.1 Å². The summed E-state index contributed by atoms with van der Waals surface area (Å²) in [5.41, 5.74) is 5.19. The van der Waals surface area contributed by atoms with Crippen molar-refractivity contribution >= 4 is 23.4 Å². The van der Waals surface area contributed by atoms with Gasteiger partial charge in [0, 0.05) is 49.4 Å². The molecule has 0 bridgehead atoms. The van der Waals surface area contributed by atoms with E-state index in [1.807, 2.05) is 0 Å². The zero-order valence-corrected chi connectivity index (χ0v) is 16.4. The molecular weight excluding hydrogens is 409 g/mol. The van der Waals surface area contributed by atoms with Crippen LogP contribution in [-0.2, 0) is 4.79 Å². The Morgan fingerprint density at radius 3 is 2.19 bits per heavy atom. The minimum Gasteiger partial charge on any atom is -0.351 e. The highest BCUT2D eigenvalue weighted by molar-refractivity contribution is 6.02. The fourth-order valence-corrected chi connectivity index (χ4v) is 3.33. The summed E-state index contributed by atoms with van der Waals surface area (Å²) in [7, 11) is 0. The molecule has 162 valence electrons. The number of nitrogens with zero attached hydrogens (tertiary/aromatic N) is 3. The van der Waals surface area contributed by atoms with Crippen LogP contribution in [0.2, 0.25) is 0 Å². The molecule has 1 atom stereocenters. The molecule has 1 fully saturated rings. The monoisotopic (exact) mass is 429 g/mol. The van der Waals surface area contributed by atoms with E-state index in [-0.39, 0.29) is 43.0 Å². The average molecular weight is 429 g/mol. The van der Waals surface area contributed by atoms with Crippen LogP contribution in [0.1, 0.15) is 20.7 Å². The van der Waals surface area contributed by atoms with Gasteiger partial charge in [-0.2, -0.15) is 0 Å². The Morgan fingerprint density at radius 2 is 1.65 bits per heavy atom. The van der Waals surface area contributed by atoms with E-state index in [1.54, 1.807) is 0 Å². The fraction of sp³-hybridized carbons (Fsp3) is 0.250. The van der Waals surface area contributed by atoms with E-state index in [1.165, 1.54) is 36.4 Å². The van der Waals surface area contributed by atoms with E-state index in [4.69, 9.17) is 5.73 Å². The third-order valence-electron chi connectivity index (χ3n) is 4.75. The van der Waals surface area contributed by atoms with Gasteiger partial charge < -0.3 is 20.9 Å². The molecule has 10 nitrogen and oxygen atoms in total. The summed E-state index contributed by atoms with van der Waals surface area (Å²) >= 11 is 0. The number of amides is 3. The summed E-state index contributed by atoms with van der Waals surface area (Å²) in [4.78, 5) is 51.6. The lowest BCUT2D eigenvalue weighted by Gasteiger charge is -2.29. The molecule has 0 aromatic heterocycles. The van der Waals surface area contributed by atoms with Gasteiger partial charge in [-0.25, -0.2) is 4.39 Å². The Bertz CT molecular complexity index is 1030. The van der Waals surface area contributed by atoms with Crippen molar-refractivity contribution in [2.24, 2.45) is 5.73 Å². The summed E-state index contributed by atoms with van der Waals surface area (Å²) in [6.07, 6.45) is -1.31. The van der Waals surface area contributed by atoms with Gasteiger partial charge in [0.2, 0.25) is 0 Å². The van der Waals surface area contributed by atoms with Crippen LogP contribution in [0.25, 0.3) is 0 Å². The number of carbonyl (C=O) groups excluding carboxylic acids is 3. The zero-order chi connectivity index (χ0) is 22.5. The zero-order valence-electron chi connectivity index (χ0n) is 16.4. The van der Waals surface area contributed by atoms with Crippen LogP contribution in [0.4, 0.5) is 10.1 Å². The van der Waals surface area contributed by atoms with Crippen LogP contribution in [-0.4, -0.2) is 64.8 Å². The van der Waals surface area contributed by atoms with Crippen LogP contribution in [0.5, 0.6) is 0 Å². The topological polar surface area (TPSA) is 139 Å². The second kappa shape index (κ2) is 9.30. The molecule has 0 radical (unpaired) electrons. The van der Waals surface area contributed by atoms with Gasteiger partial charge in [0.05, 0.1) is 4.92 Å². The number of rotatable bonds is 6. The Morgan fingerprint density at radius 1 is 1.06 bits per heavy atom. The van der Waals surface area contributed by atoms with Crippen LogP contribution in [0.3, 0.4) is 0 Å². The molecule has 1 unspecified atom stereocenters. The molecule has 3 N–H and O–H groups in total. The molecule has 1 aliphatic heterocycles. The lowest BCUT2D eigenvalue weighted by molar-refractivity contribution is -0.384. The molecule has 1 aliphatic rings. The van der Waals surface area contributed by atoms with Gasteiger partial charge in [0.25, 0.3) is 23.4 Å². The first kappa shape index (κ1) is 21.8. The number of non-ortho nitro benzene ring substituents is 1. The maximum absolute atomic E-state index is 13.6. The van der Waals surface area contributed by atoms with Crippen LogP contribution in [0.15, 0.2) is 48.5 Å². The second-order valence-electron chi connectivity index (χ2n) is 6.77. The van der Waals surface area contributed by atoms with Crippen molar-refractivity contribution < 1.29 is 23.7 Å². The maximum Gasteiger partial charge on any atom is 0.270 e. The molecule has 1 heterocycles. The van der Waals surface area contributed by atoms with E-state index in [9.17, 15) is 28.9 Å². The molecule has 3 amide bonds. The Hall–Kier alpha value is -3.86. The number of nitrogens with two attached hydrogens (primary N) is 1. The van der Waals surface area contributed by atoms with Crippen molar-refractivity contribution in [2.75, 3.05) is 26.2 Å². The molecule has 2 aromatic rings. The summed E-state index contributed by atoms with van der Waals surface area (Å²) in [6, 6.07) is 10.1. The van der Waals surface area contributed by atoms with Gasteiger partial charge in [-0.15, -0.1) is 0 Å². The quantitative estimate of drug-likeness (QED) is 0.513. The smallest absolute Gasteiger partial charge is 0.270 e. The number of carbonyl (C=O) groups is 3. The van der Waals surface area contributed by atoms with Gasteiger partial charge in [0.1, 0.15) is 5.82 Å². The molecule has 1 saturated heterocycles. The maximum atomic E-state index is 13.6. The molecule has 31 heavy (non-hydrogen) atoms. The number of hydrogen-bond acceptors (Lipinski definition) is 6. The number of nitro groups is 1. The van der Waals surface area contributed by atoms with E-state index >= 15 is 0 Å². The standard InChI is InChI=1S/C20H20FN5O5/c21-15-5-1-3-13(11-15)19(28)24-9-10-25(18(24)17(27)23-8-7-22)20(29)14-4-2-6-16(12-14)26(30)31/h1-6,11-12,18H,7-10,22H2,(H,23,27). The summed E-state index contributed by atoms with van der Waals surface area (Å²) in [6.45, 7) is 0.311.